The lowest BCUT2D eigenvalue weighted by Gasteiger charge is -2.19. The molecule has 0 atom stereocenters. The Bertz CT molecular complexity index is 864. The summed E-state index contributed by atoms with van der Waals surface area (Å²) < 4.78 is 16.9. The van der Waals surface area contributed by atoms with Gasteiger partial charge in [-0.3, -0.25) is 0 Å². The maximum Gasteiger partial charge on any atom is 0.162 e. The fourth-order valence-electron chi connectivity index (χ4n) is 3.02. The molecule has 6 heteroatoms. The summed E-state index contributed by atoms with van der Waals surface area (Å²) in [5, 5.41) is 6.43. The standard InChI is InChI=1S/C19H16N2O3S/c1-4-17-18(24-8-7-23-17)10-12(1)15-11-25-19(21-15)13-2-3-16-14(9-13)20-5-6-22-16/h1-4,9-11,20H,5-8H2. The fourth-order valence-corrected chi connectivity index (χ4v) is 3.84. The molecule has 0 unspecified atom stereocenters. The Morgan fingerprint density at radius 2 is 1.64 bits per heavy atom. The zero-order valence-electron chi connectivity index (χ0n) is 13.5. The van der Waals surface area contributed by atoms with Gasteiger partial charge in [-0.1, -0.05) is 0 Å². The van der Waals surface area contributed by atoms with Crippen LogP contribution in [0.1, 0.15) is 0 Å². The summed E-state index contributed by atoms with van der Waals surface area (Å²) in [7, 11) is 0. The number of nitrogens with zero attached hydrogens (tertiary/aromatic N) is 1. The predicted molar refractivity (Wildman–Crippen MR) is 98.0 cm³/mol. The van der Waals surface area contributed by atoms with E-state index < -0.39 is 0 Å². The van der Waals surface area contributed by atoms with Gasteiger partial charge < -0.3 is 19.5 Å². The number of nitrogens with one attached hydrogen (secondary N) is 1. The zero-order valence-corrected chi connectivity index (χ0v) is 14.3. The van der Waals surface area contributed by atoms with Gasteiger partial charge in [0.05, 0.1) is 11.4 Å². The van der Waals surface area contributed by atoms with E-state index in [4.69, 9.17) is 19.2 Å². The molecule has 0 aliphatic carbocycles. The van der Waals surface area contributed by atoms with Crippen LogP contribution in [0.5, 0.6) is 17.2 Å². The summed E-state index contributed by atoms with van der Waals surface area (Å²) in [6, 6.07) is 12.1. The first-order valence-corrected chi connectivity index (χ1v) is 9.11. The second kappa shape index (κ2) is 5.97. The van der Waals surface area contributed by atoms with Crippen molar-refractivity contribution < 1.29 is 14.2 Å². The van der Waals surface area contributed by atoms with Gasteiger partial charge in [-0.05, 0) is 36.4 Å². The smallest absolute Gasteiger partial charge is 0.162 e. The summed E-state index contributed by atoms with van der Waals surface area (Å²) in [4.78, 5) is 4.80. The van der Waals surface area contributed by atoms with Crippen molar-refractivity contribution in [1.82, 2.24) is 4.98 Å². The number of benzene rings is 2. The third kappa shape index (κ3) is 2.68. The highest BCUT2D eigenvalue weighted by atomic mass is 32.1. The lowest BCUT2D eigenvalue weighted by Crippen LogP contribution is -2.17. The normalized spacial score (nSPS) is 15.0. The number of hydrogen-bond acceptors (Lipinski definition) is 6. The number of aromatic nitrogens is 1. The summed E-state index contributed by atoms with van der Waals surface area (Å²) in [6.07, 6.45) is 0. The number of hydrogen-bond donors (Lipinski definition) is 1. The number of ether oxygens (including phenoxy) is 3. The third-order valence-corrected chi connectivity index (χ3v) is 5.14. The van der Waals surface area contributed by atoms with Crippen molar-refractivity contribution >= 4 is 17.0 Å². The number of thiazole rings is 1. The predicted octanol–water partition coefficient (Wildman–Crippen LogP) is 4.05. The van der Waals surface area contributed by atoms with E-state index >= 15 is 0 Å². The molecule has 5 rings (SSSR count). The first-order chi connectivity index (χ1) is 12.4. The maximum atomic E-state index is 5.67. The molecule has 0 spiro atoms. The monoisotopic (exact) mass is 352 g/mol. The van der Waals surface area contributed by atoms with Crippen molar-refractivity contribution in [2.24, 2.45) is 0 Å². The van der Waals surface area contributed by atoms with E-state index in [1.54, 1.807) is 11.3 Å². The molecule has 2 aromatic carbocycles. The molecule has 25 heavy (non-hydrogen) atoms. The molecular weight excluding hydrogens is 336 g/mol. The van der Waals surface area contributed by atoms with Crippen LogP contribution in [-0.2, 0) is 0 Å². The molecule has 3 heterocycles. The van der Waals surface area contributed by atoms with Crippen molar-refractivity contribution in [1.29, 1.82) is 0 Å². The van der Waals surface area contributed by atoms with Crippen LogP contribution >= 0.6 is 11.3 Å². The first kappa shape index (κ1) is 14.6. The number of fused-ring (bicyclic) bond motifs is 2. The molecular formula is C19H16N2O3S. The first-order valence-electron chi connectivity index (χ1n) is 8.23. The van der Waals surface area contributed by atoms with E-state index in [-0.39, 0.29) is 0 Å². The summed E-state index contributed by atoms with van der Waals surface area (Å²) >= 11 is 1.63. The minimum Gasteiger partial charge on any atom is -0.490 e. The molecule has 1 aromatic heterocycles. The molecule has 0 saturated heterocycles. The quantitative estimate of drug-likeness (QED) is 0.754. The second-order valence-corrected chi connectivity index (χ2v) is 6.74. The zero-order chi connectivity index (χ0) is 16.6. The van der Waals surface area contributed by atoms with Crippen molar-refractivity contribution in [2.45, 2.75) is 0 Å². The van der Waals surface area contributed by atoms with Gasteiger partial charge >= 0.3 is 0 Å². The Kier molecular flexibility index (Phi) is 3.48. The van der Waals surface area contributed by atoms with E-state index in [0.717, 1.165) is 51.3 Å². The molecule has 0 fully saturated rings. The number of anilines is 1. The lowest BCUT2D eigenvalue weighted by atomic mass is 10.1. The van der Waals surface area contributed by atoms with Crippen molar-refractivity contribution in [3.05, 3.63) is 41.8 Å². The molecule has 5 nitrogen and oxygen atoms in total. The van der Waals surface area contributed by atoms with E-state index in [0.29, 0.717) is 19.8 Å². The second-order valence-electron chi connectivity index (χ2n) is 5.88. The average molecular weight is 352 g/mol. The van der Waals surface area contributed by atoms with E-state index in [1.165, 1.54) is 0 Å². The molecule has 126 valence electrons. The molecule has 0 bridgehead atoms. The van der Waals surface area contributed by atoms with Crippen LogP contribution in [0.2, 0.25) is 0 Å². The minimum atomic E-state index is 0.586. The Hall–Kier alpha value is -2.73. The van der Waals surface area contributed by atoms with Crippen LogP contribution in [0.25, 0.3) is 21.8 Å². The van der Waals surface area contributed by atoms with E-state index in [2.05, 4.69) is 22.8 Å². The maximum absolute atomic E-state index is 5.67. The van der Waals surface area contributed by atoms with Crippen molar-refractivity contribution in [2.75, 3.05) is 31.7 Å². The van der Waals surface area contributed by atoms with Gasteiger partial charge in [0.1, 0.15) is 30.6 Å². The van der Waals surface area contributed by atoms with Crippen LogP contribution < -0.4 is 19.5 Å². The highest BCUT2D eigenvalue weighted by Gasteiger charge is 2.15. The highest BCUT2D eigenvalue weighted by Crippen LogP contribution is 2.37. The van der Waals surface area contributed by atoms with Crippen LogP contribution in [0, 0.1) is 0 Å². The summed E-state index contributed by atoms with van der Waals surface area (Å²) in [6.45, 7) is 2.72. The van der Waals surface area contributed by atoms with Gasteiger partial charge in [-0.25, -0.2) is 4.98 Å². The van der Waals surface area contributed by atoms with Crippen molar-refractivity contribution in [3.8, 4) is 39.1 Å². The fraction of sp³-hybridized carbons (Fsp3) is 0.211. The van der Waals surface area contributed by atoms with Gasteiger partial charge in [-0.15, -0.1) is 11.3 Å². The average Bonchev–Trinajstić information content (AvgIpc) is 3.17. The molecule has 0 amide bonds. The number of rotatable bonds is 2. The Labute approximate surface area is 149 Å². The van der Waals surface area contributed by atoms with Crippen LogP contribution in [0.4, 0.5) is 5.69 Å². The van der Waals surface area contributed by atoms with Gasteiger partial charge in [0.15, 0.2) is 11.5 Å². The third-order valence-electron chi connectivity index (χ3n) is 4.24. The molecule has 1 N–H and O–H groups in total. The van der Waals surface area contributed by atoms with Crippen LogP contribution in [0.15, 0.2) is 41.8 Å². The Morgan fingerprint density at radius 3 is 2.60 bits per heavy atom. The van der Waals surface area contributed by atoms with Crippen LogP contribution in [-0.4, -0.2) is 31.3 Å². The Morgan fingerprint density at radius 1 is 0.840 bits per heavy atom. The lowest BCUT2D eigenvalue weighted by molar-refractivity contribution is 0.171. The van der Waals surface area contributed by atoms with Gasteiger partial charge in [0.25, 0.3) is 0 Å². The van der Waals surface area contributed by atoms with Crippen molar-refractivity contribution in [3.63, 3.8) is 0 Å². The molecule has 3 aromatic rings. The summed E-state index contributed by atoms with van der Waals surface area (Å²) in [5.74, 6) is 2.48. The largest absolute Gasteiger partial charge is 0.490 e. The molecule has 0 saturated carbocycles. The van der Waals surface area contributed by atoms with E-state index in [9.17, 15) is 0 Å². The summed E-state index contributed by atoms with van der Waals surface area (Å²) in [5.41, 5.74) is 4.09. The van der Waals surface area contributed by atoms with Gasteiger partial charge in [0.2, 0.25) is 0 Å². The minimum absolute atomic E-state index is 0.586. The SMILES string of the molecule is c1cc2c(cc1-c1csc(-c3ccc4c(c3)NCCO4)n1)OCCO2. The van der Waals surface area contributed by atoms with Gasteiger partial charge in [-0.2, -0.15) is 0 Å². The highest BCUT2D eigenvalue weighted by molar-refractivity contribution is 7.13. The molecule has 0 radical (unpaired) electrons. The Balaban J connectivity index is 1.47. The van der Waals surface area contributed by atoms with Crippen LogP contribution in [0.3, 0.4) is 0 Å². The molecule has 2 aliphatic heterocycles. The van der Waals surface area contributed by atoms with E-state index in [1.807, 2.05) is 24.3 Å². The van der Waals surface area contributed by atoms with Gasteiger partial charge in [0, 0.05) is 23.1 Å². The topological polar surface area (TPSA) is 52.6 Å². The molecule has 2 aliphatic rings.